The Morgan fingerprint density at radius 2 is 1.60 bits per heavy atom. The van der Waals surface area contributed by atoms with Gasteiger partial charge in [0.25, 0.3) is 0 Å². The summed E-state index contributed by atoms with van der Waals surface area (Å²) in [6.45, 7) is 0.583. The number of nitrogens with one attached hydrogen (secondary N) is 2. The summed E-state index contributed by atoms with van der Waals surface area (Å²) in [7, 11) is 5.19. The first-order valence-corrected chi connectivity index (χ1v) is 9.71. The molecular formula is C24H27N3O3. The fourth-order valence-corrected chi connectivity index (χ4v) is 3.14. The maximum absolute atomic E-state index is 12.4. The van der Waals surface area contributed by atoms with Crippen LogP contribution in [0.15, 0.2) is 72.8 Å². The van der Waals surface area contributed by atoms with E-state index in [1.165, 1.54) is 0 Å². The minimum atomic E-state index is -0.0954. The first kappa shape index (κ1) is 21.0. The molecule has 3 aromatic rings. The number of carbonyl (C=O) groups is 1. The number of hydrogen-bond donors (Lipinski definition) is 2. The summed E-state index contributed by atoms with van der Waals surface area (Å²) in [5.41, 5.74) is 3.90. The molecule has 0 saturated heterocycles. The summed E-state index contributed by atoms with van der Waals surface area (Å²) in [5.74, 6) is 1.20. The van der Waals surface area contributed by atoms with Gasteiger partial charge in [-0.1, -0.05) is 36.4 Å². The van der Waals surface area contributed by atoms with Gasteiger partial charge in [-0.2, -0.15) is 0 Å². The minimum absolute atomic E-state index is 0.0954. The lowest BCUT2D eigenvalue weighted by atomic mass is 10.2. The second kappa shape index (κ2) is 10.2. The second-order valence-corrected chi connectivity index (χ2v) is 6.73. The standard InChI is InChI=1S/C24H27N3O3/c1-27(19-9-5-4-6-10-19)21-12-8-7-11-20(21)25-17-24(28)26-16-18-13-14-22(29-2)23(15-18)30-3/h4-15,25H,16-17H2,1-3H3,(H,26,28). The van der Waals surface area contributed by atoms with Gasteiger partial charge in [-0.15, -0.1) is 0 Å². The average Bonchev–Trinajstić information content (AvgIpc) is 2.81. The van der Waals surface area contributed by atoms with Crippen molar-refractivity contribution in [3.8, 4) is 11.5 Å². The molecule has 2 N–H and O–H groups in total. The average molecular weight is 405 g/mol. The molecule has 0 atom stereocenters. The molecule has 0 aromatic heterocycles. The van der Waals surface area contributed by atoms with E-state index in [4.69, 9.17) is 9.47 Å². The zero-order valence-electron chi connectivity index (χ0n) is 17.5. The number of rotatable bonds is 9. The van der Waals surface area contributed by atoms with Crippen molar-refractivity contribution in [2.24, 2.45) is 0 Å². The summed E-state index contributed by atoms with van der Waals surface area (Å²) in [5, 5.41) is 6.17. The van der Waals surface area contributed by atoms with Crippen LogP contribution in [0.4, 0.5) is 17.1 Å². The van der Waals surface area contributed by atoms with Gasteiger partial charge in [0.15, 0.2) is 11.5 Å². The number of para-hydroxylation sites is 3. The summed E-state index contributed by atoms with van der Waals surface area (Å²) in [6.07, 6.45) is 0. The van der Waals surface area contributed by atoms with Crippen LogP contribution in [0.3, 0.4) is 0 Å². The van der Waals surface area contributed by atoms with E-state index in [9.17, 15) is 4.79 Å². The van der Waals surface area contributed by atoms with Crippen LogP contribution in [0.5, 0.6) is 11.5 Å². The molecular weight excluding hydrogens is 378 g/mol. The van der Waals surface area contributed by atoms with Crippen molar-refractivity contribution in [2.75, 3.05) is 38.0 Å². The van der Waals surface area contributed by atoms with Gasteiger partial charge in [0.1, 0.15) is 0 Å². The Morgan fingerprint density at radius 3 is 2.33 bits per heavy atom. The van der Waals surface area contributed by atoms with Crippen LogP contribution in [-0.4, -0.2) is 33.7 Å². The van der Waals surface area contributed by atoms with Crippen LogP contribution >= 0.6 is 0 Å². The molecule has 0 aliphatic heterocycles. The zero-order chi connectivity index (χ0) is 21.3. The molecule has 30 heavy (non-hydrogen) atoms. The normalized spacial score (nSPS) is 10.2. The number of methoxy groups -OCH3 is 2. The largest absolute Gasteiger partial charge is 0.493 e. The van der Waals surface area contributed by atoms with E-state index >= 15 is 0 Å². The fourth-order valence-electron chi connectivity index (χ4n) is 3.14. The molecule has 0 unspecified atom stereocenters. The highest BCUT2D eigenvalue weighted by atomic mass is 16.5. The Kier molecular flexibility index (Phi) is 7.16. The van der Waals surface area contributed by atoms with Crippen molar-refractivity contribution < 1.29 is 14.3 Å². The van der Waals surface area contributed by atoms with E-state index in [1.54, 1.807) is 14.2 Å². The molecule has 3 aromatic carbocycles. The fraction of sp³-hybridized carbons (Fsp3) is 0.208. The van der Waals surface area contributed by atoms with Crippen molar-refractivity contribution >= 4 is 23.0 Å². The lowest BCUT2D eigenvalue weighted by Crippen LogP contribution is -2.29. The lowest BCUT2D eigenvalue weighted by Gasteiger charge is -2.23. The predicted octanol–water partition coefficient (Wildman–Crippen LogP) is 4.20. The van der Waals surface area contributed by atoms with Crippen LogP contribution in [0.1, 0.15) is 5.56 Å². The molecule has 0 fully saturated rings. The lowest BCUT2D eigenvalue weighted by molar-refractivity contribution is -0.119. The van der Waals surface area contributed by atoms with E-state index in [-0.39, 0.29) is 12.5 Å². The molecule has 0 radical (unpaired) electrons. The Morgan fingerprint density at radius 1 is 0.900 bits per heavy atom. The molecule has 1 amide bonds. The van der Waals surface area contributed by atoms with Crippen LogP contribution in [0.2, 0.25) is 0 Å². The van der Waals surface area contributed by atoms with E-state index < -0.39 is 0 Å². The zero-order valence-corrected chi connectivity index (χ0v) is 17.5. The maximum atomic E-state index is 12.4. The quantitative estimate of drug-likeness (QED) is 0.559. The summed E-state index contributed by atoms with van der Waals surface area (Å²) in [6, 6.07) is 23.6. The molecule has 0 bridgehead atoms. The van der Waals surface area contributed by atoms with Gasteiger partial charge in [0, 0.05) is 19.3 Å². The van der Waals surface area contributed by atoms with Gasteiger partial charge < -0.3 is 25.0 Å². The van der Waals surface area contributed by atoms with Crippen LogP contribution in [0.25, 0.3) is 0 Å². The minimum Gasteiger partial charge on any atom is -0.493 e. The van der Waals surface area contributed by atoms with Crippen molar-refractivity contribution in [2.45, 2.75) is 6.54 Å². The number of hydrogen-bond acceptors (Lipinski definition) is 5. The Hall–Kier alpha value is -3.67. The molecule has 0 heterocycles. The smallest absolute Gasteiger partial charge is 0.239 e. The third-order valence-corrected chi connectivity index (χ3v) is 4.79. The van der Waals surface area contributed by atoms with Gasteiger partial charge in [0.2, 0.25) is 5.91 Å². The van der Waals surface area contributed by atoms with E-state index in [2.05, 4.69) is 15.5 Å². The molecule has 0 aliphatic rings. The highest BCUT2D eigenvalue weighted by Crippen LogP contribution is 2.30. The van der Waals surface area contributed by atoms with Crippen molar-refractivity contribution in [1.29, 1.82) is 0 Å². The molecule has 6 nitrogen and oxygen atoms in total. The summed E-state index contributed by atoms with van der Waals surface area (Å²) < 4.78 is 10.5. The van der Waals surface area contributed by atoms with Crippen LogP contribution in [0, 0.1) is 0 Å². The second-order valence-electron chi connectivity index (χ2n) is 6.73. The van der Waals surface area contributed by atoms with Gasteiger partial charge in [0.05, 0.1) is 32.1 Å². The third-order valence-electron chi connectivity index (χ3n) is 4.79. The van der Waals surface area contributed by atoms with E-state index in [0.29, 0.717) is 18.0 Å². The number of amides is 1. The number of benzene rings is 3. The monoisotopic (exact) mass is 405 g/mol. The van der Waals surface area contributed by atoms with Crippen molar-refractivity contribution in [3.05, 3.63) is 78.4 Å². The third kappa shape index (κ3) is 5.23. The number of nitrogens with zero attached hydrogens (tertiary/aromatic N) is 1. The highest BCUT2D eigenvalue weighted by Gasteiger charge is 2.10. The molecule has 156 valence electrons. The molecule has 0 saturated carbocycles. The molecule has 6 heteroatoms. The van der Waals surface area contributed by atoms with Crippen molar-refractivity contribution in [3.63, 3.8) is 0 Å². The first-order valence-electron chi connectivity index (χ1n) is 9.71. The van der Waals surface area contributed by atoms with Gasteiger partial charge in [-0.3, -0.25) is 4.79 Å². The Balaban J connectivity index is 1.59. The van der Waals surface area contributed by atoms with Crippen LogP contribution < -0.4 is 25.0 Å². The number of anilines is 3. The van der Waals surface area contributed by atoms with E-state index in [1.807, 2.05) is 79.8 Å². The SMILES string of the molecule is COc1ccc(CNC(=O)CNc2ccccc2N(C)c2ccccc2)cc1OC. The maximum Gasteiger partial charge on any atom is 0.239 e. The molecule has 0 spiro atoms. The number of carbonyl (C=O) groups excluding carboxylic acids is 1. The highest BCUT2D eigenvalue weighted by molar-refractivity contribution is 5.83. The van der Waals surface area contributed by atoms with Crippen molar-refractivity contribution in [1.82, 2.24) is 5.32 Å². The predicted molar refractivity (Wildman–Crippen MR) is 121 cm³/mol. The summed E-state index contributed by atoms with van der Waals surface area (Å²) in [4.78, 5) is 14.5. The van der Waals surface area contributed by atoms with Gasteiger partial charge in [-0.25, -0.2) is 0 Å². The Bertz CT molecular complexity index is 976. The molecule has 0 aliphatic carbocycles. The Labute approximate surface area is 177 Å². The van der Waals surface area contributed by atoms with Gasteiger partial charge in [-0.05, 0) is 42.0 Å². The topological polar surface area (TPSA) is 62.8 Å². The van der Waals surface area contributed by atoms with Gasteiger partial charge >= 0.3 is 0 Å². The molecule has 3 rings (SSSR count). The summed E-state index contributed by atoms with van der Waals surface area (Å²) >= 11 is 0. The number of ether oxygens (including phenoxy) is 2. The van der Waals surface area contributed by atoms with E-state index in [0.717, 1.165) is 22.6 Å². The first-order chi connectivity index (χ1) is 14.6. The van der Waals surface area contributed by atoms with Crippen LogP contribution in [-0.2, 0) is 11.3 Å².